The minimum absolute atomic E-state index is 0.00984. The number of amides is 1. The first-order chi connectivity index (χ1) is 13.8. The van der Waals surface area contributed by atoms with Crippen LogP contribution in [0.2, 0.25) is 0 Å². The van der Waals surface area contributed by atoms with E-state index in [0.717, 1.165) is 35.7 Å². The highest BCUT2D eigenvalue weighted by atomic mass is 16.5. The fourth-order valence-electron chi connectivity index (χ4n) is 4.38. The van der Waals surface area contributed by atoms with Crippen LogP contribution in [-0.2, 0) is 9.53 Å². The van der Waals surface area contributed by atoms with Gasteiger partial charge < -0.3 is 14.8 Å². The Labute approximate surface area is 173 Å². The SMILES string of the molecule is C[C@@H]1CN(C(C)(C)CNC(=O)C2c3ccccc3Oc3ccccc32)C[C@@H](C)O1. The molecule has 0 aliphatic carbocycles. The van der Waals surface area contributed by atoms with E-state index in [-0.39, 0.29) is 29.6 Å². The molecule has 2 aliphatic rings. The minimum Gasteiger partial charge on any atom is -0.457 e. The van der Waals surface area contributed by atoms with E-state index in [0.29, 0.717) is 6.54 Å². The van der Waals surface area contributed by atoms with Crippen LogP contribution in [0.25, 0.3) is 0 Å². The quantitative estimate of drug-likeness (QED) is 0.854. The van der Waals surface area contributed by atoms with Crippen molar-refractivity contribution in [3.05, 3.63) is 59.7 Å². The number of fused-ring (bicyclic) bond motifs is 2. The summed E-state index contributed by atoms with van der Waals surface area (Å²) < 4.78 is 11.9. The minimum atomic E-state index is -0.366. The van der Waals surface area contributed by atoms with Crippen molar-refractivity contribution in [3.8, 4) is 11.5 Å². The van der Waals surface area contributed by atoms with E-state index < -0.39 is 0 Å². The van der Waals surface area contributed by atoms with Crippen molar-refractivity contribution >= 4 is 5.91 Å². The van der Waals surface area contributed by atoms with Crippen molar-refractivity contribution in [2.45, 2.75) is 51.4 Å². The molecule has 0 unspecified atom stereocenters. The molecule has 2 aliphatic heterocycles. The highest BCUT2D eigenvalue weighted by Crippen LogP contribution is 2.43. The summed E-state index contributed by atoms with van der Waals surface area (Å²) in [6.07, 6.45) is 0.394. The number of ether oxygens (including phenoxy) is 2. The fourth-order valence-corrected chi connectivity index (χ4v) is 4.38. The maximum atomic E-state index is 13.4. The number of nitrogens with one attached hydrogen (secondary N) is 1. The summed E-state index contributed by atoms with van der Waals surface area (Å²) in [5.74, 6) is 1.15. The molecular weight excluding hydrogens is 364 g/mol. The van der Waals surface area contributed by atoms with E-state index in [2.05, 4.69) is 37.9 Å². The fraction of sp³-hybridized carbons (Fsp3) is 0.458. The van der Waals surface area contributed by atoms with E-state index >= 15 is 0 Å². The molecule has 0 spiro atoms. The van der Waals surface area contributed by atoms with Gasteiger partial charge in [-0.3, -0.25) is 9.69 Å². The lowest BCUT2D eigenvalue weighted by Gasteiger charge is -2.45. The Morgan fingerprint density at radius 2 is 1.52 bits per heavy atom. The number of carbonyl (C=O) groups is 1. The zero-order chi connectivity index (χ0) is 20.6. The van der Waals surface area contributed by atoms with Crippen LogP contribution in [0, 0.1) is 0 Å². The Kier molecular flexibility index (Phi) is 5.36. The molecule has 4 rings (SSSR count). The largest absolute Gasteiger partial charge is 0.457 e. The number of carbonyl (C=O) groups excluding carboxylic acids is 1. The second-order valence-corrected chi connectivity index (χ2v) is 8.80. The van der Waals surface area contributed by atoms with Gasteiger partial charge in [0, 0.05) is 36.3 Å². The average Bonchev–Trinajstić information content (AvgIpc) is 2.69. The van der Waals surface area contributed by atoms with Gasteiger partial charge in [-0.25, -0.2) is 0 Å². The molecule has 5 nitrogen and oxygen atoms in total. The smallest absolute Gasteiger partial charge is 0.232 e. The molecule has 1 amide bonds. The molecule has 1 fully saturated rings. The second kappa shape index (κ2) is 7.81. The zero-order valence-electron chi connectivity index (χ0n) is 17.6. The average molecular weight is 395 g/mol. The Hall–Kier alpha value is -2.37. The van der Waals surface area contributed by atoms with Gasteiger partial charge in [-0.05, 0) is 39.8 Å². The standard InChI is InChI=1S/C24H30N2O3/c1-16-13-26(14-17(2)28-16)24(3,4)15-25-23(27)22-18-9-5-7-11-20(18)29-21-12-8-6-10-19(21)22/h5-12,16-17,22H,13-15H2,1-4H3,(H,25,27)/t16-,17-/m1/s1. The summed E-state index contributed by atoms with van der Waals surface area (Å²) in [6.45, 7) is 10.9. The van der Waals surface area contributed by atoms with Gasteiger partial charge in [0.1, 0.15) is 11.5 Å². The lowest BCUT2D eigenvalue weighted by molar-refractivity contribution is -0.123. The summed E-state index contributed by atoms with van der Waals surface area (Å²) in [6, 6.07) is 15.6. The molecule has 2 aromatic carbocycles. The van der Waals surface area contributed by atoms with Crippen LogP contribution in [0.3, 0.4) is 0 Å². The van der Waals surface area contributed by atoms with Crippen molar-refractivity contribution in [3.63, 3.8) is 0 Å². The molecule has 2 atom stereocenters. The van der Waals surface area contributed by atoms with E-state index in [1.54, 1.807) is 0 Å². The second-order valence-electron chi connectivity index (χ2n) is 8.80. The maximum absolute atomic E-state index is 13.4. The number of nitrogens with zero attached hydrogens (tertiary/aromatic N) is 1. The van der Waals surface area contributed by atoms with Gasteiger partial charge in [0.05, 0.1) is 18.1 Å². The monoisotopic (exact) mass is 394 g/mol. The molecule has 29 heavy (non-hydrogen) atoms. The van der Waals surface area contributed by atoms with Gasteiger partial charge in [-0.2, -0.15) is 0 Å². The summed E-state index contributed by atoms with van der Waals surface area (Å²) in [7, 11) is 0. The van der Waals surface area contributed by atoms with Gasteiger partial charge in [0.15, 0.2) is 0 Å². The van der Waals surface area contributed by atoms with Gasteiger partial charge >= 0.3 is 0 Å². The number of hydrogen-bond acceptors (Lipinski definition) is 4. The van der Waals surface area contributed by atoms with E-state index in [1.165, 1.54) is 0 Å². The first kappa shape index (κ1) is 19.9. The molecule has 1 saturated heterocycles. The Morgan fingerprint density at radius 3 is 2.07 bits per heavy atom. The highest BCUT2D eigenvalue weighted by molar-refractivity contribution is 5.89. The predicted molar refractivity (Wildman–Crippen MR) is 113 cm³/mol. The summed E-state index contributed by atoms with van der Waals surface area (Å²) in [5.41, 5.74) is 1.66. The third-order valence-electron chi connectivity index (χ3n) is 5.91. The lowest BCUT2D eigenvalue weighted by Crippen LogP contribution is -2.59. The van der Waals surface area contributed by atoms with Crippen LogP contribution in [0.4, 0.5) is 0 Å². The number of morpholine rings is 1. The number of para-hydroxylation sites is 2. The van der Waals surface area contributed by atoms with Crippen LogP contribution in [0.1, 0.15) is 44.7 Å². The van der Waals surface area contributed by atoms with Crippen LogP contribution >= 0.6 is 0 Å². The van der Waals surface area contributed by atoms with Gasteiger partial charge in [-0.1, -0.05) is 36.4 Å². The molecular formula is C24H30N2O3. The molecule has 0 aromatic heterocycles. The number of rotatable bonds is 4. The maximum Gasteiger partial charge on any atom is 0.232 e. The first-order valence-electron chi connectivity index (χ1n) is 10.4. The predicted octanol–water partition coefficient (Wildman–Crippen LogP) is 3.93. The van der Waals surface area contributed by atoms with Crippen molar-refractivity contribution in [1.82, 2.24) is 10.2 Å². The van der Waals surface area contributed by atoms with Crippen molar-refractivity contribution in [2.75, 3.05) is 19.6 Å². The van der Waals surface area contributed by atoms with Gasteiger partial charge in [0.2, 0.25) is 5.91 Å². The molecule has 154 valence electrons. The normalized spacial score (nSPS) is 22.3. The van der Waals surface area contributed by atoms with Gasteiger partial charge in [0.25, 0.3) is 0 Å². The lowest BCUT2D eigenvalue weighted by atomic mass is 9.87. The number of hydrogen-bond donors (Lipinski definition) is 1. The first-order valence-corrected chi connectivity index (χ1v) is 10.4. The van der Waals surface area contributed by atoms with Crippen molar-refractivity contribution in [1.29, 1.82) is 0 Å². The Morgan fingerprint density at radius 1 is 1.00 bits per heavy atom. The molecule has 2 heterocycles. The number of benzene rings is 2. The third kappa shape index (κ3) is 4.02. The molecule has 0 saturated carbocycles. The molecule has 0 bridgehead atoms. The van der Waals surface area contributed by atoms with E-state index in [4.69, 9.17) is 9.47 Å². The highest BCUT2D eigenvalue weighted by Gasteiger charge is 2.36. The molecule has 0 radical (unpaired) electrons. The summed E-state index contributed by atoms with van der Waals surface area (Å²) >= 11 is 0. The molecule has 1 N–H and O–H groups in total. The van der Waals surface area contributed by atoms with E-state index in [9.17, 15) is 4.79 Å². The van der Waals surface area contributed by atoms with Crippen LogP contribution in [-0.4, -0.2) is 48.2 Å². The third-order valence-corrected chi connectivity index (χ3v) is 5.91. The van der Waals surface area contributed by atoms with E-state index in [1.807, 2.05) is 48.5 Å². The summed E-state index contributed by atoms with van der Waals surface area (Å²) in [4.78, 5) is 15.8. The Bertz CT molecular complexity index is 840. The van der Waals surface area contributed by atoms with Crippen molar-refractivity contribution < 1.29 is 14.3 Å². The van der Waals surface area contributed by atoms with Crippen LogP contribution < -0.4 is 10.1 Å². The van der Waals surface area contributed by atoms with Crippen LogP contribution in [0.15, 0.2) is 48.5 Å². The topological polar surface area (TPSA) is 50.8 Å². The van der Waals surface area contributed by atoms with Crippen molar-refractivity contribution in [2.24, 2.45) is 0 Å². The summed E-state index contributed by atoms with van der Waals surface area (Å²) in [5, 5.41) is 3.22. The zero-order valence-corrected chi connectivity index (χ0v) is 17.6. The molecule has 2 aromatic rings. The van der Waals surface area contributed by atoms with Gasteiger partial charge in [-0.15, -0.1) is 0 Å². The van der Waals surface area contributed by atoms with Crippen LogP contribution in [0.5, 0.6) is 11.5 Å². The Balaban J connectivity index is 1.53. The molecule has 5 heteroatoms.